The molecule has 122 valence electrons. The van der Waals surface area contributed by atoms with Gasteiger partial charge in [-0.25, -0.2) is 4.79 Å². The van der Waals surface area contributed by atoms with Gasteiger partial charge in [-0.15, -0.1) is 0 Å². The fraction of sp³-hybridized carbons (Fsp3) is 0.211. The first kappa shape index (κ1) is 15.9. The largest absolute Gasteiger partial charge is 0.466 e. The van der Waals surface area contributed by atoms with Gasteiger partial charge in [0, 0.05) is 18.4 Å². The standard InChI is InChI=1S/C19H16O5/c1-23-18(22)19(12-11-15(20)13-7-3-2-4-8-13)17(21)14-9-5-6-10-16(14)24-19/h2-10H,11-12H2,1H3/t19-/m0/s1. The summed E-state index contributed by atoms with van der Waals surface area (Å²) in [5.41, 5.74) is -0.932. The SMILES string of the molecule is COC(=O)[C@@]1(CCC(=O)c2ccccc2)Oc2ccccc2C1=O. The van der Waals surface area contributed by atoms with E-state index in [2.05, 4.69) is 0 Å². The fourth-order valence-corrected chi connectivity index (χ4v) is 2.82. The predicted molar refractivity (Wildman–Crippen MR) is 86.2 cm³/mol. The highest BCUT2D eigenvalue weighted by molar-refractivity contribution is 6.19. The minimum Gasteiger partial charge on any atom is -0.466 e. The average Bonchev–Trinajstić information content (AvgIpc) is 2.93. The van der Waals surface area contributed by atoms with Gasteiger partial charge in [-0.2, -0.15) is 0 Å². The zero-order valence-corrected chi connectivity index (χ0v) is 13.2. The molecule has 0 aromatic heterocycles. The first-order chi connectivity index (χ1) is 11.6. The number of benzene rings is 2. The van der Waals surface area contributed by atoms with Crippen LogP contribution in [0.1, 0.15) is 33.6 Å². The second-order valence-corrected chi connectivity index (χ2v) is 5.54. The molecule has 0 saturated carbocycles. The summed E-state index contributed by atoms with van der Waals surface area (Å²) in [7, 11) is 1.20. The zero-order valence-electron chi connectivity index (χ0n) is 13.2. The van der Waals surface area contributed by atoms with E-state index in [1.807, 2.05) is 6.07 Å². The van der Waals surface area contributed by atoms with Crippen LogP contribution in [0, 0.1) is 0 Å². The summed E-state index contributed by atoms with van der Waals surface area (Å²) >= 11 is 0. The lowest BCUT2D eigenvalue weighted by molar-refractivity contribution is -0.154. The molecule has 1 aliphatic rings. The Kier molecular flexibility index (Phi) is 4.16. The van der Waals surface area contributed by atoms with E-state index in [0.29, 0.717) is 16.9 Å². The second kappa shape index (κ2) is 6.28. The number of methoxy groups -OCH3 is 1. The van der Waals surface area contributed by atoms with Crippen molar-refractivity contribution in [1.29, 1.82) is 0 Å². The molecule has 3 rings (SSSR count). The Balaban J connectivity index is 1.86. The maximum atomic E-state index is 12.7. The number of rotatable bonds is 5. The van der Waals surface area contributed by atoms with Crippen LogP contribution in [-0.4, -0.2) is 30.2 Å². The number of ether oxygens (including phenoxy) is 2. The van der Waals surface area contributed by atoms with Crippen LogP contribution in [0.5, 0.6) is 5.75 Å². The van der Waals surface area contributed by atoms with Crippen molar-refractivity contribution >= 4 is 17.5 Å². The van der Waals surface area contributed by atoms with Gasteiger partial charge in [0.05, 0.1) is 12.7 Å². The maximum absolute atomic E-state index is 12.7. The van der Waals surface area contributed by atoms with Gasteiger partial charge in [0.2, 0.25) is 5.78 Å². The van der Waals surface area contributed by atoms with Gasteiger partial charge in [-0.3, -0.25) is 9.59 Å². The van der Waals surface area contributed by atoms with Gasteiger partial charge >= 0.3 is 5.97 Å². The smallest absolute Gasteiger partial charge is 0.358 e. The van der Waals surface area contributed by atoms with E-state index in [1.165, 1.54) is 7.11 Å². The highest BCUT2D eigenvalue weighted by Gasteiger charge is 2.55. The molecule has 0 aliphatic carbocycles. The Bertz CT molecular complexity index is 796. The highest BCUT2D eigenvalue weighted by atomic mass is 16.6. The van der Waals surface area contributed by atoms with Gasteiger partial charge in [0.1, 0.15) is 5.75 Å². The molecule has 5 nitrogen and oxygen atoms in total. The molecule has 0 radical (unpaired) electrons. The molecule has 0 N–H and O–H groups in total. The number of hydrogen-bond acceptors (Lipinski definition) is 5. The van der Waals surface area contributed by atoms with E-state index in [4.69, 9.17) is 9.47 Å². The van der Waals surface area contributed by atoms with Crippen molar-refractivity contribution in [2.45, 2.75) is 18.4 Å². The van der Waals surface area contributed by atoms with E-state index < -0.39 is 17.4 Å². The summed E-state index contributed by atoms with van der Waals surface area (Å²) in [5.74, 6) is -1.08. The van der Waals surface area contributed by atoms with Crippen molar-refractivity contribution in [2.24, 2.45) is 0 Å². The van der Waals surface area contributed by atoms with Crippen molar-refractivity contribution in [2.75, 3.05) is 7.11 Å². The molecule has 1 atom stereocenters. The third kappa shape index (κ3) is 2.58. The number of para-hydroxylation sites is 1. The molecular weight excluding hydrogens is 308 g/mol. The summed E-state index contributed by atoms with van der Waals surface area (Å²) in [4.78, 5) is 37.3. The Morgan fingerprint density at radius 1 is 1.04 bits per heavy atom. The monoisotopic (exact) mass is 324 g/mol. The third-order valence-electron chi connectivity index (χ3n) is 4.10. The lowest BCUT2D eigenvalue weighted by atomic mass is 9.89. The quantitative estimate of drug-likeness (QED) is 0.480. The van der Waals surface area contributed by atoms with Crippen LogP contribution in [-0.2, 0) is 9.53 Å². The van der Waals surface area contributed by atoms with Crippen LogP contribution < -0.4 is 4.74 Å². The summed E-state index contributed by atoms with van der Waals surface area (Å²) in [5, 5.41) is 0. The Labute approximate surface area is 139 Å². The predicted octanol–water partition coefficient (Wildman–Crippen LogP) is 2.84. The van der Waals surface area contributed by atoms with Gasteiger partial charge < -0.3 is 9.47 Å². The third-order valence-corrected chi connectivity index (χ3v) is 4.10. The molecule has 1 heterocycles. The fourth-order valence-electron chi connectivity index (χ4n) is 2.82. The summed E-state index contributed by atoms with van der Waals surface area (Å²) in [6, 6.07) is 15.4. The molecule has 0 amide bonds. The van der Waals surface area contributed by atoms with Gasteiger partial charge in [-0.05, 0) is 12.1 Å². The molecule has 5 heteroatoms. The van der Waals surface area contributed by atoms with E-state index in [1.54, 1.807) is 48.5 Å². The van der Waals surface area contributed by atoms with E-state index in [0.717, 1.165) is 0 Å². The molecule has 2 aromatic rings. The number of carbonyl (C=O) groups is 3. The minimum absolute atomic E-state index is 0.00115. The first-order valence-electron chi connectivity index (χ1n) is 7.58. The lowest BCUT2D eigenvalue weighted by Gasteiger charge is -2.23. The van der Waals surface area contributed by atoms with Crippen LogP contribution in [0.4, 0.5) is 0 Å². The number of carbonyl (C=O) groups excluding carboxylic acids is 3. The number of ketones is 2. The van der Waals surface area contributed by atoms with Crippen molar-refractivity contribution in [3.8, 4) is 5.75 Å². The van der Waals surface area contributed by atoms with E-state index >= 15 is 0 Å². The van der Waals surface area contributed by atoms with Crippen molar-refractivity contribution < 1.29 is 23.9 Å². The number of Topliss-reactive ketones (excluding diaryl/α,β-unsaturated/α-hetero) is 2. The van der Waals surface area contributed by atoms with Crippen molar-refractivity contribution in [1.82, 2.24) is 0 Å². The molecule has 2 aromatic carbocycles. The Hall–Kier alpha value is -2.95. The highest BCUT2D eigenvalue weighted by Crippen LogP contribution is 2.38. The Morgan fingerprint density at radius 3 is 2.38 bits per heavy atom. The number of hydrogen-bond donors (Lipinski definition) is 0. The summed E-state index contributed by atoms with van der Waals surface area (Å²) in [6.45, 7) is 0. The maximum Gasteiger partial charge on any atom is 0.358 e. The van der Waals surface area contributed by atoms with Crippen LogP contribution in [0.25, 0.3) is 0 Å². The normalized spacial score (nSPS) is 18.6. The van der Waals surface area contributed by atoms with Crippen LogP contribution in [0.2, 0.25) is 0 Å². The van der Waals surface area contributed by atoms with Crippen LogP contribution in [0.3, 0.4) is 0 Å². The van der Waals surface area contributed by atoms with Crippen LogP contribution >= 0.6 is 0 Å². The minimum atomic E-state index is -1.79. The molecule has 0 saturated heterocycles. The number of fused-ring (bicyclic) bond motifs is 1. The first-order valence-corrected chi connectivity index (χ1v) is 7.58. The molecule has 24 heavy (non-hydrogen) atoms. The zero-order chi connectivity index (χ0) is 17.2. The molecule has 1 aliphatic heterocycles. The van der Waals surface area contributed by atoms with Crippen molar-refractivity contribution in [3.63, 3.8) is 0 Å². The molecule has 0 spiro atoms. The molecular formula is C19H16O5. The second-order valence-electron chi connectivity index (χ2n) is 5.54. The van der Waals surface area contributed by atoms with E-state index in [9.17, 15) is 14.4 Å². The molecule has 0 unspecified atom stereocenters. The summed E-state index contributed by atoms with van der Waals surface area (Å²) < 4.78 is 10.5. The van der Waals surface area contributed by atoms with Gasteiger partial charge in [-0.1, -0.05) is 42.5 Å². The van der Waals surface area contributed by atoms with Gasteiger partial charge in [0.25, 0.3) is 5.60 Å². The molecule has 0 bridgehead atoms. The molecule has 0 fully saturated rings. The number of esters is 1. The topological polar surface area (TPSA) is 69.7 Å². The van der Waals surface area contributed by atoms with Crippen molar-refractivity contribution in [3.05, 3.63) is 65.7 Å². The Morgan fingerprint density at radius 2 is 1.71 bits per heavy atom. The van der Waals surface area contributed by atoms with Gasteiger partial charge in [0.15, 0.2) is 5.78 Å². The van der Waals surface area contributed by atoms with E-state index in [-0.39, 0.29) is 18.6 Å². The lowest BCUT2D eigenvalue weighted by Crippen LogP contribution is -2.49. The average molecular weight is 324 g/mol. The van der Waals surface area contributed by atoms with Crippen LogP contribution in [0.15, 0.2) is 54.6 Å². The summed E-state index contributed by atoms with van der Waals surface area (Å²) in [6.07, 6.45) is -0.0697.